The first-order chi connectivity index (χ1) is 11.7. The zero-order valence-electron chi connectivity index (χ0n) is 13.6. The Morgan fingerprint density at radius 2 is 1.83 bits per heavy atom. The second-order valence-corrected chi connectivity index (χ2v) is 5.53. The molecule has 24 heavy (non-hydrogen) atoms. The van der Waals surface area contributed by atoms with Gasteiger partial charge in [0.2, 0.25) is 5.88 Å². The van der Waals surface area contributed by atoms with Gasteiger partial charge in [-0.25, -0.2) is 4.98 Å². The van der Waals surface area contributed by atoms with Gasteiger partial charge < -0.3 is 9.47 Å². The van der Waals surface area contributed by atoms with E-state index in [9.17, 15) is 0 Å². The lowest BCUT2D eigenvalue weighted by atomic mass is 10.1. The standard InChI is InChI=1S/C18H16N4O2/c1-11-10-16(22-18(19-11)20-12(2)21-22)24-15-9-8-13-6-4-5-7-14(13)17(15)23-3/h4-10H,1-3H3. The highest BCUT2D eigenvalue weighted by molar-refractivity contribution is 5.90. The highest BCUT2D eigenvalue weighted by Gasteiger charge is 2.14. The monoisotopic (exact) mass is 320 g/mol. The maximum atomic E-state index is 6.11. The van der Waals surface area contributed by atoms with E-state index in [1.807, 2.05) is 56.3 Å². The molecule has 0 spiro atoms. The van der Waals surface area contributed by atoms with Gasteiger partial charge in [0.1, 0.15) is 5.82 Å². The summed E-state index contributed by atoms with van der Waals surface area (Å²) >= 11 is 0. The van der Waals surface area contributed by atoms with Crippen LogP contribution < -0.4 is 9.47 Å². The van der Waals surface area contributed by atoms with E-state index in [1.54, 1.807) is 11.6 Å². The van der Waals surface area contributed by atoms with Crippen molar-refractivity contribution < 1.29 is 9.47 Å². The van der Waals surface area contributed by atoms with Crippen molar-refractivity contribution >= 4 is 16.6 Å². The molecule has 0 aliphatic rings. The maximum Gasteiger partial charge on any atom is 0.255 e. The molecule has 0 saturated heterocycles. The molecule has 0 aliphatic carbocycles. The third kappa shape index (κ3) is 2.32. The largest absolute Gasteiger partial charge is 0.492 e. The van der Waals surface area contributed by atoms with Gasteiger partial charge in [-0.05, 0) is 25.3 Å². The Hall–Kier alpha value is -3.15. The molecule has 6 nitrogen and oxygen atoms in total. The fourth-order valence-electron chi connectivity index (χ4n) is 2.75. The van der Waals surface area contributed by atoms with Gasteiger partial charge in [-0.2, -0.15) is 9.50 Å². The van der Waals surface area contributed by atoms with E-state index in [0.29, 0.717) is 29.0 Å². The molecule has 0 fully saturated rings. The Bertz CT molecular complexity index is 1060. The summed E-state index contributed by atoms with van der Waals surface area (Å²) in [5.41, 5.74) is 0.810. The van der Waals surface area contributed by atoms with E-state index in [0.717, 1.165) is 16.5 Å². The number of aromatic nitrogens is 4. The molecule has 120 valence electrons. The van der Waals surface area contributed by atoms with E-state index in [1.165, 1.54) is 0 Å². The molecule has 0 aliphatic heterocycles. The predicted molar refractivity (Wildman–Crippen MR) is 90.8 cm³/mol. The summed E-state index contributed by atoms with van der Waals surface area (Å²) < 4.78 is 13.3. The number of hydrogen-bond donors (Lipinski definition) is 0. The first-order valence-corrected chi connectivity index (χ1v) is 7.60. The molecule has 2 aromatic carbocycles. The zero-order valence-corrected chi connectivity index (χ0v) is 13.6. The lowest BCUT2D eigenvalue weighted by molar-refractivity contribution is 0.374. The van der Waals surface area contributed by atoms with Gasteiger partial charge in [-0.1, -0.05) is 30.3 Å². The lowest BCUT2D eigenvalue weighted by Crippen LogP contribution is -2.00. The Balaban J connectivity index is 1.88. The molecule has 0 atom stereocenters. The van der Waals surface area contributed by atoms with Crippen LogP contribution in [0.3, 0.4) is 0 Å². The summed E-state index contributed by atoms with van der Waals surface area (Å²) in [7, 11) is 1.64. The van der Waals surface area contributed by atoms with Crippen LogP contribution in [-0.2, 0) is 0 Å². The molecule has 0 N–H and O–H groups in total. The third-order valence-electron chi connectivity index (χ3n) is 3.78. The highest BCUT2D eigenvalue weighted by Crippen LogP contribution is 2.37. The van der Waals surface area contributed by atoms with Crippen LogP contribution in [0.15, 0.2) is 42.5 Å². The van der Waals surface area contributed by atoms with E-state index in [4.69, 9.17) is 9.47 Å². The van der Waals surface area contributed by atoms with Crippen LogP contribution in [0.4, 0.5) is 0 Å². The van der Waals surface area contributed by atoms with Gasteiger partial charge in [-0.15, -0.1) is 5.10 Å². The smallest absolute Gasteiger partial charge is 0.255 e. The van der Waals surface area contributed by atoms with Crippen LogP contribution in [0.5, 0.6) is 17.4 Å². The molecule has 0 radical (unpaired) electrons. The van der Waals surface area contributed by atoms with E-state index >= 15 is 0 Å². The molecule has 4 rings (SSSR count). The number of benzene rings is 2. The van der Waals surface area contributed by atoms with Crippen LogP contribution >= 0.6 is 0 Å². The molecule has 4 aromatic rings. The molecular formula is C18H16N4O2. The molecule has 0 bridgehead atoms. The van der Waals surface area contributed by atoms with Crippen LogP contribution in [0.2, 0.25) is 0 Å². The second-order valence-electron chi connectivity index (χ2n) is 5.53. The quantitative estimate of drug-likeness (QED) is 0.576. The fourth-order valence-corrected chi connectivity index (χ4v) is 2.75. The van der Waals surface area contributed by atoms with Gasteiger partial charge >= 0.3 is 0 Å². The summed E-state index contributed by atoms with van der Waals surface area (Å²) in [5, 5.41) is 6.43. The van der Waals surface area contributed by atoms with E-state index in [2.05, 4.69) is 15.1 Å². The number of methoxy groups -OCH3 is 1. The van der Waals surface area contributed by atoms with E-state index in [-0.39, 0.29) is 0 Å². The van der Waals surface area contributed by atoms with Gasteiger partial charge in [0.15, 0.2) is 11.5 Å². The minimum atomic E-state index is 0.516. The normalized spacial score (nSPS) is 11.1. The Morgan fingerprint density at radius 1 is 1.00 bits per heavy atom. The summed E-state index contributed by atoms with van der Waals surface area (Å²) in [6, 6.07) is 13.7. The molecule has 2 aromatic heterocycles. The Morgan fingerprint density at radius 3 is 2.67 bits per heavy atom. The van der Waals surface area contributed by atoms with E-state index < -0.39 is 0 Å². The summed E-state index contributed by atoms with van der Waals surface area (Å²) in [5.74, 6) is 3.01. The molecule has 0 saturated carbocycles. The van der Waals surface area contributed by atoms with Crippen molar-refractivity contribution in [1.29, 1.82) is 0 Å². The van der Waals surface area contributed by atoms with Crippen LogP contribution in [-0.4, -0.2) is 26.7 Å². The van der Waals surface area contributed by atoms with Gasteiger partial charge in [-0.3, -0.25) is 0 Å². The minimum Gasteiger partial charge on any atom is -0.492 e. The fraction of sp³-hybridized carbons (Fsp3) is 0.167. The maximum absolute atomic E-state index is 6.11. The number of rotatable bonds is 3. The molecule has 6 heteroatoms. The van der Waals surface area contributed by atoms with Gasteiger partial charge in [0.05, 0.1) is 7.11 Å². The topological polar surface area (TPSA) is 61.5 Å². The molecule has 0 unspecified atom stereocenters. The van der Waals surface area contributed by atoms with Crippen molar-refractivity contribution in [2.75, 3.05) is 7.11 Å². The zero-order chi connectivity index (χ0) is 16.7. The van der Waals surface area contributed by atoms with Gasteiger partial charge in [0.25, 0.3) is 5.78 Å². The Labute approximate surface area is 138 Å². The van der Waals surface area contributed by atoms with Crippen molar-refractivity contribution in [3.05, 3.63) is 54.0 Å². The van der Waals surface area contributed by atoms with Crippen molar-refractivity contribution in [1.82, 2.24) is 19.6 Å². The third-order valence-corrected chi connectivity index (χ3v) is 3.78. The highest BCUT2D eigenvalue weighted by atomic mass is 16.5. The summed E-state index contributed by atoms with van der Waals surface area (Å²) in [4.78, 5) is 8.67. The summed E-state index contributed by atoms with van der Waals surface area (Å²) in [6.07, 6.45) is 0. The average Bonchev–Trinajstić information content (AvgIpc) is 2.95. The van der Waals surface area contributed by atoms with Crippen molar-refractivity contribution in [2.45, 2.75) is 13.8 Å². The first kappa shape index (κ1) is 14.4. The number of nitrogens with zero attached hydrogens (tertiary/aromatic N) is 4. The minimum absolute atomic E-state index is 0.516. The van der Waals surface area contributed by atoms with Crippen molar-refractivity contribution in [3.63, 3.8) is 0 Å². The van der Waals surface area contributed by atoms with Crippen molar-refractivity contribution in [2.24, 2.45) is 0 Å². The average molecular weight is 320 g/mol. The van der Waals surface area contributed by atoms with Crippen LogP contribution in [0.25, 0.3) is 16.6 Å². The molecule has 2 heterocycles. The Kier molecular flexibility index (Phi) is 3.30. The molecule has 0 amide bonds. The first-order valence-electron chi connectivity index (χ1n) is 7.60. The van der Waals surface area contributed by atoms with Crippen LogP contribution in [0, 0.1) is 13.8 Å². The number of fused-ring (bicyclic) bond motifs is 2. The second kappa shape index (κ2) is 5.49. The number of aryl methyl sites for hydroxylation is 2. The molecular weight excluding hydrogens is 304 g/mol. The summed E-state index contributed by atoms with van der Waals surface area (Å²) in [6.45, 7) is 3.72. The predicted octanol–water partition coefficient (Wildman–Crippen LogP) is 3.70. The SMILES string of the molecule is COc1c(Oc2cc(C)nc3nc(C)nn23)ccc2ccccc12. The number of ether oxygens (including phenoxy) is 2. The van der Waals surface area contributed by atoms with Gasteiger partial charge in [0, 0.05) is 17.1 Å². The van der Waals surface area contributed by atoms with Crippen LogP contribution in [0.1, 0.15) is 11.5 Å². The number of hydrogen-bond acceptors (Lipinski definition) is 5. The lowest BCUT2D eigenvalue weighted by Gasteiger charge is -2.13. The van der Waals surface area contributed by atoms with Crippen molar-refractivity contribution in [3.8, 4) is 17.4 Å².